The summed E-state index contributed by atoms with van der Waals surface area (Å²) < 4.78 is 7.85. The van der Waals surface area contributed by atoms with E-state index < -0.39 is 0 Å². The van der Waals surface area contributed by atoms with Gasteiger partial charge in [-0.15, -0.1) is 0 Å². The monoisotopic (exact) mass is 377 g/mol. The van der Waals surface area contributed by atoms with Crippen molar-refractivity contribution in [1.82, 2.24) is 14.8 Å². The van der Waals surface area contributed by atoms with Crippen molar-refractivity contribution in [2.45, 2.75) is 43.9 Å². The number of aromatic nitrogens is 1. The summed E-state index contributed by atoms with van der Waals surface area (Å²) in [7, 11) is 0. The van der Waals surface area contributed by atoms with E-state index >= 15 is 0 Å². The van der Waals surface area contributed by atoms with E-state index in [1.54, 1.807) is 6.07 Å². The molecule has 6 heteroatoms. The van der Waals surface area contributed by atoms with E-state index in [0.29, 0.717) is 29.2 Å². The fourth-order valence-electron chi connectivity index (χ4n) is 5.46. The van der Waals surface area contributed by atoms with Crippen LogP contribution in [-0.2, 0) is 0 Å². The van der Waals surface area contributed by atoms with E-state index in [-0.39, 0.29) is 11.7 Å². The number of nitrogens with two attached hydrogens (primary N) is 1. The van der Waals surface area contributed by atoms with E-state index in [2.05, 4.69) is 45.7 Å². The topological polar surface area (TPSA) is 72.4 Å². The van der Waals surface area contributed by atoms with Crippen LogP contribution in [0.1, 0.15) is 27.2 Å². The van der Waals surface area contributed by atoms with Crippen molar-refractivity contribution in [3.63, 3.8) is 0 Å². The van der Waals surface area contributed by atoms with Crippen LogP contribution >= 0.6 is 0 Å². The molecule has 2 aromatic rings. The van der Waals surface area contributed by atoms with Gasteiger partial charge in [0.25, 0.3) is 0 Å². The Morgan fingerprint density at radius 3 is 2.82 bits per heavy atom. The molecular formula is C22H28N6. The first kappa shape index (κ1) is 16.7. The van der Waals surface area contributed by atoms with Gasteiger partial charge in [-0.25, -0.2) is 0 Å². The number of hydrogen-bond donors (Lipinski definition) is 1. The van der Waals surface area contributed by atoms with Crippen LogP contribution in [0, 0.1) is 11.3 Å². The van der Waals surface area contributed by atoms with Crippen LogP contribution in [0.25, 0.3) is 10.9 Å². The number of fused-ring (bicyclic) bond motifs is 2. The largest absolute Gasteiger partial charge is 0.368 e. The number of hydrogen-bond acceptors (Lipinski definition) is 6. The molecule has 0 unspecified atom stereocenters. The summed E-state index contributed by atoms with van der Waals surface area (Å²) in [5.41, 5.74) is 8.51. The number of piperazine rings is 1. The standard InChI is InChI=1S/C22H28N6/c1-15-10-26(20-6-5-16(9-23)21-19(20)4-3-7-25-21)11-18-8-17(12-28(15)18)27-13-22(2,24)14-27/h3-7,15,17-18H,8,10-14,24H2,1-2H3/t15-,17+,18+/m1/s1/i7D. The second-order valence-corrected chi connectivity index (χ2v) is 9.13. The van der Waals surface area contributed by atoms with Crippen molar-refractivity contribution in [3.05, 3.63) is 36.0 Å². The molecule has 146 valence electrons. The van der Waals surface area contributed by atoms with E-state index in [9.17, 15) is 5.26 Å². The average molecular weight is 378 g/mol. The second-order valence-electron chi connectivity index (χ2n) is 9.13. The summed E-state index contributed by atoms with van der Waals surface area (Å²) in [6.45, 7) is 9.53. The highest BCUT2D eigenvalue weighted by molar-refractivity contribution is 5.95. The highest BCUT2D eigenvalue weighted by Gasteiger charge is 2.46. The van der Waals surface area contributed by atoms with Gasteiger partial charge in [-0.1, -0.05) is 0 Å². The fraction of sp³-hybridized carbons (Fsp3) is 0.545. The Morgan fingerprint density at radius 2 is 2.07 bits per heavy atom. The minimum Gasteiger partial charge on any atom is -0.368 e. The molecule has 0 radical (unpaired) electrons. The zero-order valence-electron chi connectivity index (χ0n) is 17.6. The van der Waals surface area contributed by atoms with Gasteiger partial charge in [-0.2, -0.15) is 5.26 Å². The molecule has 2 N–H and O–H groups in total. The Balaban J connectivity index is 1.41. The molecule has 0 aliphatic carbocycles. The lowest BCUT2D eigenvalue weighted by molar-refractivity contribution is 0.0411. The molecule has 3 aliphatic rings. The molecule has 3 saturated heterocycles. The van der Waals surface area contributed by atoms with E-state index in [1.807, 2.05) is 12.1 Å². The first-order valence-electron chi connectivity index (χ1n) is 10.7. The van der Waals surface area contributed by atoms with Gasteiger partial charge >= 0.3 is 0 Å². The Bertz CT molecular complexity index is 991. The van der Waals surface area contributed by atoms with Gasteiger partial charge in [0.1, 0.15) is 6.07 Å². The van der Waals surface area contributed by atoms with Gasteiger partial charge in [0.05, 0.1) is 12.5 Å². The molecule has 28 heavy (non-hydrogen) atoms. The molecule has 1 aromatic heterocycles. The lowest BCUT2D eigenvalue weighted by Crippen LogP contribution is -2.68. The van der Waals surface area contributed by atoms with Crippen molar-refractivity contribution in [3.8, 4) is 6.07 Å². The molecule has 6 nitrogen and oxygen atoms in total. The minimum absolute atomic E-state index is 0.0220. The lowest BCUT2D eigenvalue weighted by atomic mass is 9.91. The highest BCUT2D eigenvalue weighted by atomic mass is 15.4. The maximum atomic E-state index is 9.45. The summed E-state index contributed by atoms with van der Waals surface area (Å²) in [5, 5.41) is 10.4. The molecule has 4 heterocycles. The van der Waals surface area contributed by atoms with E-state index in [0.717, 1.165) is 43.8 Å². The number of benzene rings is 1. The minimum atomic E-state index is -0.0220. The number of nitriles is 1. The van der Waals surface area contributed by atoms with Crippen LogP contribution in [0.5, 0.6) is 0 Å². The Kier molecular flexibility index (Phi) is 3.83. The maximum absolute atomic E-state index is 9.45. The van der Waals surface area contributed by atoms with Crippen LogP contribution in [0.2, 0.25) is 0 Å². The molecule has 0 amide bonds. The normalized spacial score (nSPS) is 30.6. The van der Waals surface area contributed by atoms with Crippen molar-refractivity contribution < 1.29 is 1.37 Å². The van der Waals surface area contributed by atoms with Crippen LogP contribution in [0.4, 0.5) is 5.69 Å². The zero-order valence-corrected chi connectivity index (χ0v) is 16.6. The van der Waals surface area contributed by atoms with Gasteiger partial charge in [0, 0.05) is 73.6 Å². The quantitative estimate of drug-likeness (QED) is 0.860. The third-order valence-corrected chi connectivity index (χ3v) is 6.72. The van der Waals surface area contributed by atoms with Crippen molar-refractivity contribution in [2.24, 2.45) is 5.73 Å². The summed E-state index contributed by atoms with van der Waals surface area (Å²) in [4.78, 5) is 12.0. The third kappa shape index (κ3) is 2.86. The van der Waals surface area contributed by atoms with Crippen molar-refractivity contribution in [2.75, 3.05) is 37.6 Å². The van der Waals surface area contributed by atoms with Crippen molar-refractivity contribution >= 4 is 16.6 Å². The smallest absolute Gasteiger partial charge is 0.101 e. The predicted octanol–water partition coefficient (Wildman–Crippen LogP) is 1.79. The number of rotatable bonds is 2. The first-order valence-corrected chi connectivity index (χ1v) is 10.2. The third-order valence-electron chi connectivity index (χ3n) is 6.72. The first-order chi connectivity index (χ1) is 13.8. The average Bonchev–Trinajstić information content (AvgIpc) is 3.09. The Morgan fingerprint density at radius 1 is 1.25 bits per heavy atom. The van der Waals surface area contributed by atoms with Gasteiger partial charge in [0.15, 0.2) is 0 Å². The van der Waals surface area contributed by atoms with E-state index in [1.165, 1.54) is 6.42 Å². The summed E-state index contributed by atoms with van der Waals surface area (Å²) >= 11 is 0. The predicted molar refractivity (Wildman–Crippen MR) is 111 cm³/mol. The van der Waals surface area contributed by atoms with Gasteiger partial charge in [-0.05, 0) is 44.5 Å². The van der Waals surface area contributed by atoms with Crippen LogP contribution < -0.4 is 10.6 Å². The Labute approximate surface area is 167 Å². The molecular weight excluding hydrogens is 348 g/mol. The molecule has 1 aromatic carbocycles. The molecule has 5 rings (SSSR count). The van der Waals surface area contributed by atoms with Crippen LogP contribution in [0.3, 0.4) is 0 Å². The molecule has 3 atom stereocenters. The number of anilines is 1. The molecule has 0 saturated carbocycles. The number of likely N-dealkylation sites (tertiary alicyclic amines) is 1. The van der Waals surface area contributed by atoms with E-state index in [4.69, 9.17) is 7.10 Å². The fourth-order valence-corrected chi connectivity index (χ4v) is 5.46. The SMILES string of the molecule is [2H]c1ccc2c(N3C[C@@H]4C[C@H](N5CC(C)(N)C5)CN4[C@H](C)C3)ccc(C#N)c2n1. The van der Waals surface area contributed by atoms with Gasteiger partial charge in [-0.3, -0.25) is 14.8 Å². The van der Waals surface area contributed by atoms with Crippen molar-refractivity contribution in [1.29, 1.82) is 5.26 Å². The van der Waals surface area contributed by atoms with Gasteiger partial charge < -0.3 is 10.6 Å². The number of pyridine rings is 1. The molecule has 3 fully saturated rings. The summed E-state index contributed by atoms with van der Waals surface area (Å²) in [6.07, 6.45) is 1.38. The molecule has 0 spiro atoms. The maximum Gasteiger partial charge on any atom is 0.101 e. The number of nitrogens with zero attached hydrogens (tertiary/aromatic N) is 5. The molecule has 3 aliphatic heterocycles. The zero-order chi connectivity index (χ0) is 20.3. The Hall–Kier alpha value is -2.20. The van der Waals surface area contributed by atoms with Crippen LogP contribution in [-0.4, -0.2) is 71.2 Å². The highest BCUT2D eigenvalue weighted by Crippen LogP contribution is 2.36. The summed E-state index contributed by atoms with van der Waals surface area (Å²) in [5.74, 6) is 0. The van der Waals surface area contributed by atoms with Gasteiger partial charge in [0.2, 0.25) is 0 Å². The lowest BCUT2D eigenvalue weighted by Gasteiger charge is -2.48. The molecule has 0 bridgehead atoms. The van der Waals surface area contributed by atoms with Crippen LogP contribution in [0.15, 0.2) is 30.4 Å². The summed E-state index contributed by atoms with van der Waals surface area (Å²) in [6, 6.07) is 11.4. The second kappa shape index (κ2) is 6.41.